The molecule has 0 rings (SSSR count). The quantitative estimate of drug-likeness (QED) is 0.0450. The maximum Gasteiger partial charge on any atom is 0.249 e. The smallest absolute Gasteiger partial charge is 0.249 e. The molecular formula is C38H77NO5. The summed E-state index contributed by atoms with van der Waals surface area (Å²) in [7, 11) is 0. The van der Waals surface area contributed by atoms with Gasteiger partial charge in [0.25, 0.3) is 0 Å². The zero-order valence-electron chi connectivity index (χ0n) is 29.4. The second-order valence-corrected chi connectivity index (χ2v) is 13.6. The van der Waals surface area contributed by atoms with Gasteiger partial charge in [0, 0.05) is 0 Å². The molecule has 0 bridgehead atoms. The Bertz CT molecular complexity index is 590. The van der Waals surface area contributed by atoms with Gasteiger partial charge in [0.15, 0.2) is 0 Å². The Morgan fingerprint density at radius 1 is 0.477 bits per heavy atom. The highest BCUT2D eigenvalue weighted by Crippen LogP contribution is 2.16. The summed E-state index contributed by atoms with van der Waals surface area (Å²) >= 11 is 0. The van der Waals surface area contributed by atoms with E-state index in [1.54, 1.807) is 0 Å². The largest absolute Gasteiger partial charge is 0.394 e. The number of rotatable bonds is 35. The van der Waals surface area contributed by atoms with Crippen molar-refractivity contribution in [2.75, 3.05) is 6.61 Å². The van der Waals surface area contributed by atoms with Crippen LogP contribution in [0.1, 0.15) is 206 Å². The molecule has 0 aliphatic rings. The number of carbonyl (C=O) groups excluding carboxylic acids is 1. The van der Waals surface area contributed by atoms with E-state index >= 15 is 0 Å². The van der Waals surface area contributed by atoms with Crippen LogP contribution in [0.3, 0.4) is 0 Å². The Labute approximate surface area is 273 Å². The highest BCUT2D eigenvalue weighted by molar-refractivity contribution is 5.80. The van der Waals surface area contributed by atoms with Crippen LogP contribution in [0.2, 0.25) is 0 Å². The Hall–Kier alpha value is -0.690. The van der Waals surface area contributed by atoms with E-state index in [0.717, 1.165) is 38.5 Å². The lowest BCUT2D eigenvalue weighted by molar-refractivity contribution is -0.132. The Balaban J connectivity index is 3.74. The fraction of sp³-hybridized carbons (Fsp3) is 0.974. The third-order valence-electron chi connectivity index (χ3n) is 9.32. The molecule has 0 spiro atoms. The summed E-state index contributed by atoms with van der Waals surface area (Å²) in [5.74, 6) is -0.582. The molecule has 0 aliphatic carbocycles. The molecule has 0 aromatic heterocycles. The standard InChI is InChI=1S/C38H77NO5/c1-3-5-7-9-11-13-15-16-17-18-19-20-22-24-26-28-30-32-36(42)38(44)39-34(33-40)37(43)35(41)31-29-27-25-23-21-14-12-10-8-6-4-2/h34-37,40-43H,3-33H2,1-2H3,(H,39,44). The first-order valence-corrected chi connectivity index (χ1v) is 19.4. The first-order valence-electron chi connectivity index (χ1n) is 19.4. The summed E-state index contributed by atoms with van der Waals surface area (Å²) in [5, 5.41) is 43.4. The Kier molecular flexibility index (Phi) is 33.1. The van der Waals surface area contributed by atoms with Crippen molar-refractivity contribution in [3.8, 4) is 0 Å². The second-order valence-electron chi connectivity index (χ2n) is 13.6. The minimum absolute atomic E-state index is 0.375. The molecule has 0 heterocycles. The lowest BCUT2D eigenvalue weighted by atomic mass is 9.99. The molecule has 6 heteroatoms. The lowest BCUT2D eigenvalue weighted by Gasteiger charge is -2.27. The summed E-state index contributed by atoms with van der Waals surface area (Å²) in [6.07, 6.45) is 32.7. The van der Waals surface area contributed by atoms with Crippen molar-refractivity contribution < 1.29 is 25.2 Å². The number of hydrogen-bond acceptors (Lipinski definition) is 5. The molecule has 0 aromatic rings. The van der Waals surface area contributed by atoms with Crippen LogP contribution >= 0.6 is 0 Å². The minimum Gasteiger partial charge on any atom is -0.394 e. The van der Waals surface area contributed by atoms with Crippen LogP contribution in [0.4, 0.5) is 0 Å². The molecule has 6 nitrogen and oxygen atoms in total. The van der Waals surface area contributed by atoms with E-state index in [4.69, 9.17) is 0 Å². The molecule has 5 N–H and O–H groups in total. The van der Waals surface area contributed by atoms with E-state index in [2.05, 4.69) is 19.2 Å². The van der Waals surface area contributed by atoms with E-state index in [1.807, 2.05) is 0 Å². The van der Waals surface area contributed by atoms with Gasteiger partial charge >= 0.3 is 0 Å². The third-order valence-corrected chi connectivity index (χ3v) is 9.32. The van der Waals surface area contributed by atoms with Crippen LogP contribution < -0.4 is 5.32 Å². The predicted molar refractivity (Wildman–Crippen MR) is 187 cm³/mol. The van der Waals surface area contributed by atoms with Crippen molar-refractivity contribution in [1.29, 1.82) is 0 Å². The normalized spacial score (nSPS) is 14.4. The first-order chi connectivity index (χ1) is 21.5. The van der Waals surface area contributed by atoms with Gasteiger partial charge in [0.2, 0.25) is 5.91 Å². The zero-order valence-corrected chi connectivity index (χ0v) is 29.4. The van der Waals surface area contributed by atoms with Crippen molar-refractivity contribution in [2.24, 2.45) is 0 Å². The summed E-state index contributed by atoms with van der Waals surface area (Å²) < 4.78 is 0. The molecular weight excluding hydrogens is 550 g/mol. The highest BCUT2D eigenvalue weighted by atomic mass is 16.3. The van der Waals surface area contributed by atoms with E-state index in [9.17, 15) is 25.2 Å². The van der Waals surface area contributed by atoms with E-state index in [0.29, 0.717) is 12.8 Å². The third kappa shape index (κ3) is 27.6. The van der Waals surface area contributed by atoms with Crippen LogP contribution in [0.15, 0.2) is 0 Å². The van der Waals surface area contributed by atoms with Crippen molar-refractivity contribution in [1.82, 2.24) is 5.32 Å². The van der Waals surface area contributed by atoms with Crippen LogP contribution in [-0.2, 0) is 4.79 Å². The van der Waals surface area contributed by atoms with Gasteiger partial charge in [0.1, 0.15) is 12.2 Å². The molecule has 264 valence electrons. The number of carbonyl (C=O) groups is 1. The van der Waals surface area contributed by atoms with Gasteiger partial charge in [-0.2, -0.15) is 0 Å². The van der Waals surface area contributed by atoms with Crippen LogP contribution in [0.5, 0.6) is 0 Å². The van der Waals surface area contributed by atoms with Gasteiger partial charge in [0.05, 0.1) is 18.8 Å². The minimum atomic E-state index is -1.25. The Morgan fingerprint density at radius 3 is 1.09 bits per heavy atom. The molecule has 4 atom stereocenters. The molecule has 0 fully saturated rings. The topological polar surface area (TPSA) is 110 Å². The number of aliphatic hydroxyl groups excluding tert-OH is 4. The van der Waals surface area contributed by atoms with Gasteiger partial charge in [-0.3, -0.25) is 4.79 Å². The van der Waals surface area contributed by atoms with Crippen molar-refractivity contribution in [3.05, 3.63) is 0 Å². The number of aliphatic hydroxyl groups is 4. The maximum atomic E-state index is 12.4. The monoisotopic (exact) mass is 628 g/mol. The van der Waals surface area contributed by atoms with E-state index in [1.165, 1.54) is 141 Å². The number of nitrogens with one attached hydrogen (secondary N) is 1. The van der Waals surface area contributed by atoms with Gasteiger partial charge < -0.3 is 25.7 Å². The highest BCUT2D eigenvalue weighted by Gasteiger charge is 2.28. The zero-order chi connectivity index (χ0) is 32.5. The second kappa shape index (κ2) is 33.7. The van der Waals surface area contributed by atoms with Crippen LogP contribution in [0, 0.1) is 0 Å². The molecule has 4 unspecified atom stereocenters. The summed E-state index contributed by atoms with van der Waals surface area (Å²) in [6, 6.07) is -0.976. The van der Waals surface area contributed by atoms with E-state index in [-0.39, 0.29) is 0 Å². The van der Waals surface area contributed by atoms with Crippen LogP contribution in [0.25, 0.3) is 0 Å². The molecule has 0 aromatic carbocycles. The van der Waals surface area contributed by atoms with Gasteiger partial charge in [-0.15, -0.1) is 0 Å². The SMILES string of the molecule is CCCCCCCCCCCCCCCCCCCC(O)C(=O)NC(CO)C(O)C(O)CCCCCCCCCCCCC. The fourth-order valence-corrected chi connectivity index (χ4v) is 6.17. The fourth-order valence-electron chi connectivity index (χ4n) is 6.17. The predicted octanol–water partition coefficient (Wildman–Crippen LogP) is 9.29. The number of unbranched alkanes of at least 4 members (excludes halogenated alkanes) is 26. The summed E-state index contributed by atoms with van der Waals surface area (Å²) in [6.45, 7) is 4.03. The number of hydrogen-bond donors (Lipinski definition) is 5. The average Bonchev–Trinajstić information content (AvgIpc) is 3.03. The lowest BCUT2D eigenvalue weighted by Crippen LogP contribution is -2.53. The molecule has 0 radical (unpaired) electrons. The summed E-state index contributed by atoms with van der Waals surface area (Å²) in [4.78, 5) is 12.4. The molecule has 44 heavy (non-hydrogen) atoms. The first kappa shape index (κ1) is 43.3. The van der Waals surface area contributed by atoms with Crippen molar-refractivity contribution in [3.63, 3.8) is 0 Å². The molecule has 1 amide bonds. The Morgan fingerprint density at radius 2 is 0.773 bits per heavy atom. The molecule has 0 saturated carbocycles. The molecule has 0 aliphatic heterocycles. The van der Waals surface area contributed by atoms with Crippen molar-refractivity contribution >= 4 is 5.91 Å². The number of amides is 1. The van der Waals surface area contributed by atoms with Gasteiger partial charge in [-0.25, -0.2) is 0 Å². The average molecular weight is 628 g/mol. The van der Waals surface area contributed by atoms with Crippen molar-refractivity contribution in [2.45, 2.75) is 231 Å². The van der Waals surface area contributed by atoms with Gasteiger partial charge in [-0.05, 0) is 12.8 Å². The van der Waals surface area contributed by atoms with Gasteiger partial charge in [-0.1, -0.05) is 194 Å². The van der Waals surface area contributed by atoms with E-state index < -0.39 is 36.9 Å². The van der Waals surface area contributed by atoms with Crippen LogP contribution in [-0.4, -0.2) is 57.3 Å². The summed E-state index contributed by atoms with van der Waals surface area (Å²) in [5.41, 5.74) is 0. The maximum absolute atomic E-state index is 12.4. The molecule has 0 saturated heterocycles.